The third kappa shape index (κ3) is 2.53. The van der Waals surface area contributed by atoms with Crippen LogP contribution in [0.3, 0.4) is 0 Å². The first-order valence-corrected chi connectivity index (χ1v) is 6.53. The Kier molecular flexibility index (Phi) is 3.23. The summed E-state index contributed by atoms with van der Waals surface area (Å²) < 4.78 is 0. The number of carbonyl (C=O) groups excluding carboxylic acids is 1. The highest BCUT2D eigenvalue weighted by atomic mass is 16.1. The van der Waals surface area contributed by atoms with Gasteiger partial charge < -0.3 is 11.1 Å². The molecule has 0 fully saturated rings. The molecule has 0 atom stereocenters. The van der Waals surface area contributed by atoms with E-state index in [0.29, 0.717) is 17.2 Å². The third-order valence-corrected chi connectivity index (χ3v) is 3.20. The number of rotatable bonds is 2. The summed E-state index contributed by atoms with van der Waals surface area (Å²) in [5.74, 6) is 0.675. The molecule has 0 aliphatic heterocycles. The topological polar surface area (TPSA) is 80.9 Å². The second-order valence-corrected chi connectivity index (χ2v) is 4.72. The summed E-state index contributed by atoms with van der Waals surface area (Å²) in [4.78, 5) is 20.8. The van der Waals surface area contributed by atoms with Crippen molar-refractivity contribution in [2.45, 2.75) is 6.92 Å². The fourth-order valence-electron chi connectivity index (χ4n) is 2.19. The number of nitrogens with zero attached hydrogens (tertiary/aromatic N) is 2. The zero-order valence-corrected chi connectivity index (χ0v) is 11.5. The molecule has 5 nitrogen and oxygen atoms in total. The molecule has 0 saturated carbocycles. The molecule has 3 rings (SSSR count). The number of hydrogen-bond donors (Lipinski definition) is 2. The Morgan fingerprint density at radius 3 is 2.62 bits per heavy atom. The number of nitrogens with one attached hydrogen (secondary N) is 1. The second-order valence-electron chi connectivity index (χ2n) is 4.72. The molecule has 104 valence electrons. The molecule has 0 unspecified atom stereocenters. The van der Waals surface area contributed by atoms with E-state index in [4.69, 9.17) is 5.73 Å². The Hall–Kier alpha value is -2.95. The number of anilines is 2. The highest BCUT2D eigenvalue weighted by Gasteiger charge is 2.13. The maximum absolute atomic E-state index is 12.4. The van der Waals surface area contributed by atoms with Gasteiger partial charge in [0, 0.05) is 17.3 Å². The van der Waals surface area contributed by atoms with Crippen LogP contribution in [0.25, 0.3) is 10.8 Å². The second kappa shape index (κ2) is 5.20. The van der Waals surface area contributed by atoms with Crippen LogP contribution < -0.4 is 11.1 Å². The molecule has 3 N–H and O–H groups in total. The van der Waals surface area contributed by atoms with Crippen molar-refractivity contribution in [2.75, 3.05) is 11.1 Å². The van der Waals surface area contributed by atoms with E-state index in [9.17, 15) is 4.79 Å². The lowest BCUT2D eigenvalue weighted by Gasteiger charge is -2.09. The predicted molar refractivity (Wildman–Crippen MR) is 83.1 cm³/mol. The van der Waals surface area contributed by atoms with Gasteiger partial charge in [0.2, 0.25) is 0 Å². The van der Waals surface area contributed by atoms with Crippen LogP contribution in [-0.4, -0.2) is 15.9 Å². The third-order valence-electron chi connectivity index (χ3n) is 3.20. The summed E-state index contributed by atoms with van der Waals surface area (Å²) in [6.07, 6.45) is 1.49. The van der Waals surface area contributed by atoms with Crippen molar-refractivity contribution in [3.63, 3.8) is 0 Å². The molecule has 21 heavy (non-hydrogen) atoms. The van der Waals surface area contributed by atoms with Gasteiger partial charge in [-0.3, -0.25) is 4.79 Å². The molecular formula is C16H14N4O. The molecule has 0 radical (unpaired) electrons. The number of aryl methyl sites for hydroxylation is 1. The van der Waals surface area contributed by atoms with Crippen molar-refractivity contribution in [1.29, 1.82) is 0 Å². The average Bonchev–Trinajstić information content (AvgIpc) is 2.48. The maximum atomic E-state index is 12.4. The van der Waals surface area contributed by atoms with Crippen molar-refractivity contribution in [1.82, 2.24) is 9.97 Å². The minimum Gasteiger partial charge on any atom is -0.383 e. The number of nitrogen functional groups attached to an aromatic ring is 1. The Morgan fingerprint density at radius 1 is 1.10 bits per heavy atom. The summed E-state index contributed by atoms with van der Waals surface area (Å²) in [7, 11) is 0. The molecule has 2 aromatic heterocycles. The van der Waals surface area contributed by atoms with Gasteiger partial charge in [0.25, 0.3) is 5.91 Å². The summed E-state index contributed by atoms with van der Waals surface area (Å²) in [6.45, 7) is 1.87. The van der Waals surface area contributed by atoms with E-state index in [-0.39, 0.29) is 5.91 Å². The molecule has 3 aromatic rings. The highest BCUT2D eigenvalue weighted by molar-refractivity contribution is 6.13. The fraction of sp³-hybridized carbons (Fsp3) is 0.0625. The summed E-state index contributed by atoms with van der Waals surface area (Å²) in [5.41, 5.74) is 7.16. The van der Waals surface area contributed by atoms with E-state index in [1.54, 1.807) is 6.07 Å². The summed E-state index contributed by atoms with van der Waals surface area (Å²) in [6, 6.07) is 12.9. The molecule has 0 saturated heterocycles. The van der Waals surface area contributed by atoms with Crippen LogP contribution in [0.1, 0.15) is 16.1 Å². The van der Waals surface area contributed by atoms with E-state index in [2.05, 4.69) is 15.3 Å². The number of hydrogen-bond acceptors (Lipinski definition) is 4. The van der Waals surface area contributed by atoms with Crippen molar-refractivity contribution >= 4 is 28.3 Å². The Balaban J connectivity index is 2.01. The number of amides is 1. The van der Waals surface area contributed by atoms with Gasteiger partial charge in [-0.25, -0.2) is 9.97 Å². The molecule has 0 aliphatic rings. The van der Waals surface area contributed by atoms with Gasteiger partial charge >= 0.3 is 0 Å². The number of nitrogens with two attached hydrogens (primary N) is 1. The van der Waals surface area contributed by atoms with Crippen molar-refractivity contribution < 1.29 is 4.79 Å². The predicted octanol–water partition coefficient (Wildman–Crippen LogP) is 2.77. The lowest BCUT2D eigenvalue weighted by atomic mass is 10.1. The molecule has 1 aromatic carbocycles. The van der Waals surface area contributed by atoms with Crippen LogP contribution in [0.5, 0.6) is 0 Å². The number of fused-ring (bicyclic) bond motifs is 1. The number of benzene rings is 1. The first kappa shape index (κ1) is 13.1. The van der Waals surface area contributed by atoms with Gasteiger partial charge in [0.15, 0.2) is 0 Å². The summed E-state index contributed by atoms with van der Waals surface area (Å²) >= 11 is 0. The van der Waals surface area contributed by atoms with E-state index in [1.807, 2.05) is 43.3 Å². The van der Waals surface area contributed by atoms with Crippen molar-refractivity contribution in [3.05, 3.63) is 59.9 Å². The van der Waals surface area contributed by atoms with Crippen molar-refractivity contribution in [2.24, 2.45) is 0 Å². The van der Waals surface area contributed by atoms with Gasteiger partial charge in [-0.2, -0.15) is 0 Å². The largest absolute Gasteiger partial charge is 0.383 e. The minimum absolute atomic E-state index is 0.253. The molecular weight excluding hydrogens is 264 g/mol. The smallest absolute Gasteiger partial charge is 0.259 e. The highest BCUT2D eigenvalue weighted by Crippen LogP contribution is 2.23. The first-order chi connectivity index (χ1) is 10.1. The minimum atomic E-state index is -0.253. The normalized spacial score (nSPS) is 10.5. The first-order valence-electron chi connectivity index (χ1n) is 6.53. The number of aromatic nitrogens is 2. The fourth-order valence-corrected chi connectivity index (χ4v) is 2.19. The van der Waals surface area contributed by atoms with E-state index >= 15 is 0 Å². The molecule has 5 heteroatoms. The van der Waals surface area contributed by atoms with Crippen molar-refractivity contribution in [3.8, 4) is 0 Å². The number of carbonyl (C=O) groups is 1. The Morgan fingerprint density at radius 2 is 1.86 bits per heavy atom. The van der Waals surface area contributed by atoms with Crippen LogP contribution in [-0.2, 0) is 0 Å². The quantitative estimate of drug-likeness (QED) is 0.755. The summed E-state index contributed by atoms with van der Waals surface area (Å²) in [5, 5.41) is 4.32. The Bertz CT molecular complexity index is 829. The van der Waals surface area contributed by atoms with Gasteiger partial charge in [-0.05, 0) is 24.4 Å². The lowest BCUT2D eigenvalue weighted by Crippen LogP contribution is -2.14. The van der Waals surface area contributed by atoms with E-state index in [1.165, 1.54) is 6.20 Å². The molecule has 0 aliphatic carbocycles. The van der Waals surface area contributed by atoms with Gasteiger partial charge in [0.05, 0.1) is 5.56 Å². The molecule has 2 heterocycles. The van der Waals surface area contributed by atoms with Gasteiger partial charge in [0.1, 0.15) is 11.6 Å². The molecule has 0 bridgehead atoms. The van der Waals surface area contributed by atoms with Crippen LogP contribution in [0.4, 0.5) is 11.6 Å². The van der Waals surface area contributed by atoms with Crippen LogP contribution in [0, 0.1) is 6.92 Å². The van der Waals surface area contributed by atoms with Crippen LogP contribution in [0.15, 0.2) is 48.7 Å². The zero-order valence-electron chi connectivity index (χ0n) is 11.5. The van der Waals surface area contributed by atoms with E-state index < -0.39 is 0 Å². The SMILES string of the molecule is Cc1cccc(NC(=O)c2cnc(N)c3ccccc23)n1. The van der Waals surface area contributed by atoms with Crippen LogP contribution >= 0.6 is 0 Å². The molecule has 0 spiro atoms. The average molecular weight is 278 g/mol. The molecule has 1 amide bonds. The maximum Gasteiger partial charge on any atom is 0.259 e. The standard InChI is InChI=1S/C16H14N4O/c1-10-5-4-8-14(19-10)20-16(21)13-9-18-15(17)12-7-3-2-6-11(12)13/h2-9H,1H3,(H2,17,18)(H,19,20,21). The monoisotopic (exact) mass is 278 g/mol. The lowest BCUT2D eigenvalue weighted by molar-refractivity contribution is 0.102. The van der Waals surface area contributed by atoms with Crippen LogP contribution in [0.2, 0.25) is 0 Å². The number of pyridine rings is 2. The van der Waals surface area contributed by atoms with Gasteiger partial charge in [-0.15, -0.1) is 0 Å². The van der Waals surface area contributed by atoms with Gasteiger partial charge in [-0.1, -0.05) is 30.3 Å². The Labute approximate surface area is 121 Å². The van der Waals surface area contributed by atoms with E-state index in [0.717, 1.165) is 16.5 Å². The zero-order chi connectivity index (χ0) is 14.8.